The predicted octanol–water partition coefficient (Wildman–Crippen LogP) is 2.75. The van der Waals surface area contributed by atoms with E-state index in [1.807, 2.05) is 57.3 Å². The van der Waals surface area contributed by atoms with E-state index >= 15 is 0 Å². The Morgan fingerprint density at radius 2 is 1.94 bits per heavy atom. The van der Waals surface area contributed by atoms with Gasteiger partial charge in [0.15, 0.2) is 4.80 Å². The van der Waals surface area contributed by atoms with Crippen molar-refractivity contribution in [3.05, 3.63) is 89.9 Å². The van der Waals surface area contributed by atoms with Gasteiger partial charge in [-0.3, -0.25) is 9.36 Å². The van der Waals surface area contributed by atoms with Crippen LogP contribution in [0.25, 0.3) is 6.08 Å². The summed E-state index contributed by atoms with van der Waals surface area (Å²) in [4.78, 5) is 31.6. The summed E-state index contributed by atoms with van der Waals surface area (Å²) in [6, 6.07) is 11.1. The number of ether oxygens (including phenoxy) is 1. The fraction of sp³-hybridized carbons (Fsp3) is 0.292. The van der Waals surface area contributed by atoms with Crippen LogP contribution in [0.4, 0.5) is 0 Å². The van der Waals surface area contributed by atoms with E-state index in [-0.39, 0.29) is 12.2 Å². The van der Waals surface area contributed by atoms with E-state index in [2.05, 4.69) is 15.6 Å². The topological polar surface area (TPSA) is 65.6 Å². The fourth-order valence-electron chi connectivity index (χ4n) is 3.91. The molecule has 6 nitrogen and oxygen atoms in total. The second-order valence-electron chi connectivity index (χ2n) is 7.60. The van der Waals surface area contributed by atoms with E-state index in [4.69, 9.17) is 4.74 Å². The Morgan fingerprint density at radius 1 is 1.23 bits per heavy atom. The highest BCUT2D eigenvalue weighted by Gasteiger charge is 2.33. The number of carbonyl (C=O) groups excluding carboxylic acids is 1. The van der Waals surface area contributed by atoms with Crippen LogP contribution in [0, 0.1) is 13.8 Å². The summed E-state index contributed by atoms with van der Waals surface area (Å²) >= 11 is 1.34. The van der Waals surface area contributed by atoms with Crippen molar-refractivity contribution in [1.29, 1.82) is 0 Å². The molecule has 0 saturated heterocycles. The third-order valence-electron chi connectivity index (χ3n) is 5.73. The quantitative estimate of drug-likeness (QED) is 0.592. The number of rotatable bonds is 4. The van der Waals surface area contributed by atoms with Crippen molar-refractivity contribution in [1.82, 2.24) is 9.13 Å². The number of benzene rings is 1. The average molecular weight is 436 g/mol. The maximum absolute atomic E-state index is 13.5. The maximum Gasteiger partial charge on any atom is 0.338 e. The van der Waals surface area contributed by atoms with Crippen molar-refractivity contribution >= 4 is 23.4 Å². The van der Waals surface area contributed by atoms with E-state index < -0.39 is 12.0 Å². The molecule has 1 aromatic carbocycles. The van der Waals surface area contributed by atoms with Gasteiger partial charge in [0.25, 0.3) is 5.56 Å². The van der Waals surface area contributed by atoms with Gasteiger partial charge in [0.05, 0.1) is 28.5 Å². The van der Waals surface area contributed by atoms with Crippen LogP contribution < -0.4 is 14.9 Å². The maximum atomic E-state index is 13.5. The molecule has 0 radical (unpaired) electrons. The first-order valence-corrected chi connectivity index (χ1v) is 11.0. The monoisotopic (exact) mass is 435 g/mol. The highest BCUT2D eigenvalue weighted by atomic mass is 32.1. The van der Waals surface area contributed by atoms with E-state index in [9.17, 15) is 9.59 Å². The molecule has 1 atom stereocenters. The Hall–Kier alpha value is -3.19. The van der Waals surface area contributed by atoms with Crippen molar-refractivity contribution in [3.63, 3.8) is 0 Å². The molecule has 7 heteroatoms. The van der Waals surface area contributed by atoms with Crippen molar-refractivity contribution < 1.29 is 9.53 Å². The molecular formula is C24H25N3O3S. The molecule has 3 aromatic rings. The van der Waals surface area contributed by atoms with Crippen LogP contribution >= 0.6 is 11.3 Å². The van der Waals surface area contributed by atoms with Gasteiger partial charge in [-0.2, -0.15) is 0 Å². The standard InChI is InChI=1S/C24H25N3O3S/c1-6-30-23(29)20-15(3)25-24-27(21(20)17-10-8-7-9-11-17)22(28)19(31-24)13-18-12-14(2)26(5)16(18)4/h7-13,21H,6H2,1-5H3/b19-13+. The second kappa shape index (κ2) is 8.15. The minimum atomic E-state index is -0.572. The SMILES string of the molecule is CCOC(=O)C1=C(C)N=c2s/c(=C/c3cc(C)n(C)c3C)c(=O)n2C1c1ccccc1. The van der Waals surface area contributed by atoms with Crippen molar-refractivity contribution in [3.8, 4) is 0 Å². The minimum Gasteiger partial charge on any atom is -0.463 e. The lowest BCUT2D eigenvalue weighted by molar-refractivity contribution is -0.139. The predicted molar refractivity (Wildman–Crippen MR) is 122 cm³/mol. The minimum absolute atomic E-state index is 0.159. The Balaban J connectivity index is 1.97. The summed E-state index contributed by atoms with van der Waals surface area (Å²) in [6.07, 6.45) is 1.91. The van der Waals surface area contributed by atoms with E-state index in [1.165, 1.54) is 11.3 Å². The molecular weight excluding hydrogens is 410 g/mol. The molecule has 31 heavy (non-hydrogen) atoms. The number of esters is 1. The zero-order chi connectivity index (χ0) is 22.3. The summed E-state index contributed by atoms with van der Waals surface area (Å²) in [6.45, 7) is 7.89. The zero-order valence-electron chi connectivity index (χ0n) is 18.3. The zero-order valence-corrected chi connectivity index (χ0v) is 19.1. The van der Waals surface area contributed by atoms with Crippen LogP contribution in [0.5, 0.6) is 0 Å². The third kappa shape index (κ3) is 3.59. The molecule has 1 aliphatic heterocycles. The average Bonchev–Trinajstić information content (AvgIpc) is 3.18. The smallest absolute Gasteiger partial charge is 0.338 e. The van der Waals surface area contributed by atoms with Gasteiger partial charge in [-0.15, -0.1) is 0 Å². The molecule has 4 rings (SSSR count). The van der Waals surface area contributed by atoms with Crippen LogP contribution in [0.2, 0.25) is 0 Å². The van der Waals surface area contributed by atoms with Crippen LogP contribution in [-0.2, 0) is 16.6 Å². The second-order valence-corrected chi connectivity index (χ2v) is 8.61. The first kappa shape index (κ1) is 21.1. The molecule has 0 fully saturated rings. The Kier molecular flexibility index (Phi) is 5.54. The van der Waals surface area contributed by atoms with E-state index in [1.54, 1.807) is 18.4 Å². The molecule has 0 bridgehead atoms. The number of fused-ring (bicyclic) bond motifs is 1. The van der Waals surface area contributed by atoms with Crippen molar-refractivity contribution in [2.45, 2.75) is 33.7 Å². The first-order valence-electron chi connectivity index (χ1n) is 10.2. The van der Waals surface area contributed by atoms with Crippen LogP contribution in [0.3, 0.4) is 0 Å². The Bertz CT molecular complexity index is 1370. The van der Waals surface area contributed by atoms with Gasteiger partial charge in [-0.25, -0.2) is 9.79 Å². The number of allylic oxidation sites excluding steroid dienone is 1. The number of carbonyl (C=O) groups is 1. The third-order valence-corrected chi connectivity index (χ3v) is 6.72. The molecule has 0 spiro atoms. The molecule has 1 unspecified atom stereocenters. The molecule has 0 saturated carbocycles. The number of aromatic nitrogens is 2. The summed E-state index contributed by atoms with van der Waals surface area (Å²) in [5.74, 6) is -0.443. The summed E-state index contributed by atoms with van der Waals surface area (Å²) in [7, 11) is 2.01. The van der Waals surface area contributed by atoms with Gasteiger partial charge in [0.2, 0.25) is 0 Å². The van der Waals surface area contributed by atoms with Crippen LogP contribution in [0.15, 0.2) is 57.5 Å². The molecule has 1 aliphatic rings. The highest BCUT2D eigenvalue weighted by Crippen LogP contribution is 2.30. The number of hydrogen-bond donors (Lipinski definition) is 0. The van der Waals surface area contributed by atoms with Gasteiger partial charge in [0.1, 0.15) is 0 Å². The number of thiazole rings is 1. The van der Waals surface area contributed by atoms with Gasteiger partial charge in [-0.1, -0.05) is 41.7 Å². The van der Waals surface area contributed by atoms with E-state index in [0.717, 1.165) is 22.5 Å². The molecule has 0 amide bonds. The lowest BCUT2D eigenvalue weighted by Crippen LogP contribution is -2.39. The van der Waals surface area contributed by atoms with Gasteiger partial charge < -0.3 is 9.30 Å². The highest BCUT2D eigenvalue weighted by molar-refractivity contribution is 7.07. The number of hydrogen-bond acceptors (Lipinski definition) is 5. The Labute approximate surface area is 184 Å². The number of nitrogens with zero attached hydrogens (tertiary/aromatic N) is 3. The number of aryl methyl sites for hydroxylation is 1. The molecule has 0 aliphatic carbocycles. The summed E-state index contributed by atoms with van der Waals surface area (Å²) in [5.41, 5.74) is 4.88. The van der Waals surface area contributed by atoms with Gasteiger partial charge in [-0.05, 0) is 51.0 Å². The normalized spacial score (nSPS) is 16.3. The van der Waals surface area contributed by atoms with Crippen LogP contribution in [0.1, 0.15) is 42.4 Å². The fourth-order valence-corrected chi connectivity index (χ4v) is 4.95. The lowest BCUT2D eigenvalue weighted by atomic mass is 9.96. The lowest BCUT2D eigenvalue weighted by Gasteiger charge is -2.24. The summed E-state index contributed by atoms with van der Waals surface area (Å²) in [5, 5.41) is 0. The van der Waals surface area contributed by atoms with Crippen molar-refractivity contribution in [2.24, 2.45) is 12.0 Å². The molecule has 160 valence electrons. The van der Waals surface area contributed by atoms with E-state index in [0.29, 0.717) is 20.6 Å². The van der Waals surface area contributed by atoms with Gasteiger partial charge in [0, 0.05) is 18.4 Å². The first-order chi connectivity index (χ1) is 14.8. The molecule has 0 N–H and O–H groups in total. The van der Waals surface area contributed by atoms with Gasteiger partial charge >= 0.3 is 5.97 Å². The van der Waals surface area contributed by atoms with Crippen molar-refractivity contribution in [2.75, 3.05) is 6.61 Å². The molecule has 3 heterocycles. The molecule has 2 aromatic heterocycles. The van der Waals surface area contributed by atoms with Crippen LogP contribution in [-0.4, -0.2) is 21.7 Å². The largest absolute Gasteiger partial charge is 0.463 e. The summed E-state index contributed by atoms with van der Waals surface area (Å²) < 4.78 is 9.62. The Morgan fingerprint density at radius 3 is 2.55 bits per heavy atom.